The van der Waals surface area contributed by atoms with Crippen molar-refractivity contribution in [2.45, 2.75) is 23.5 Å². The van der Waals surface area contributed by atoms with E-state index < -0.39 is 0 Å². The highest BCUT2D eigenvalue weighted by atomic mass is 35.5. The molecular weight excluding hydrogens is 268 g/mol. The fourth-order valence-electron chi connectivity index (χ4n) is 1.53. The Balaban J connectivity index is 2.26. The Labute approximate surface area is 116 Å². The zero-order valence-corrected chi connectivity index (χ0v) is 11.9. The standard InChI is InChI=1S/C12H15ClN4S/c1-3-14-7-9-10(13)5-4-6-11(9)18-12-15-8-16-17(12)2/h4-6,8,14H,3,7H2,1-2H3. The van der Waals surface area contributed by atoms with Gasteiger partial charge in [0.1, 0.15) is 6.33 Å². The maximum atomic E-state index is 6.25. The van der Waals surface area contributed by atoms with Gasteiger partial charge in [-0.15, -0.1) is 0 Å². The smallest absolute Gasteiger partial charge is 0.190 e. The van der Waals surface area contributed by atoms with Crippen LogP contribution in [0.3, 0.4) is 0 Å². The van der Waals surface area contributed by atoms with E-state index in [-0.39, 0.29) is 0 Å². The van der Waals surface area contributed by atoms with Crippen molar-refractivity contribution in [2.75, 3.05) is 6.54 Å². The van der Waals surface area contributed by atoms with E-state index in [0.29, 0.717) is 0 Å². The molecule has 2 aromatic rings. The fraction of sp³-hybridized carbons (Fsp3) is 0.333. The molecule has 0 saturated carbocycles. The Morgan fingerprint density at radius 2 is 2.28 bits per heavy atom. The first kappa shape index (κ1) is 13.4. The van der Waals surface area contributed by atoms with E-state index in [0.717, 1.165) is 33.7 Å². The monoisotopic (exact) mass is 282 g/mol. The lowest BCUT2D eigenvalue weighted by atomic mass is 10.2. The Hall–Kier alpha value is -1.04. The summed E-state index contributed by atoms with van der Waals surface area (Å²) in [6.45, 7) is 3.75. The van der Waals surface area contributed by atoms with Crippen LogP contribution < -0.4 is 5.32 Å². The number of aryl methyl sites for hydroxylation is 1. The molecule has 1 heterocycles. The van der Waals surface area contributed by atoms with E-state index in [4.69, 9.17) is 11.6 Å². The van der Waals surface area contributed by atoms with Gasteiger partial charge in [-0.25, -0.2) is 9.67 Å². The summed E-state index contributed by atoms with van der Waals surface area (Å²) >= 11 is 7.83. The van der Waals surface area contributed by atoms with Crippen molar-refractivity contribution < 1.29 is 0 Å². The van der Waals surface area contributed by atoms with Crippen LogP contribution in [0.5, 0.6) is 0 Å². The Bertz CT molecular complexity index is 527. The number of aromatic nitrogens is 3. The van der Waals surface area contributed by atoms with Gasteiger partial charge < -0.3 is 5.32 Å². The third-order valence-electron chi connectivity index (χ3n) is 2.50. The molecule has 0 aliphatic heterocycles. The van der Waals surface area contributed by atoms with E-state index in [9.17, 15) is 0 Å². The molecule has 0 saturated heterocycles. The molecule has 0 bridgehead atoms. The summed E-state index contributed by atoms with van der Waals surface area (Å²) in [6, 6.07) is 5.92. The minimum atomic E-state index is 0.760. The molecule has 0 atom stereocenters. The summed E-state index contributed by atoms with van der Waals surface area (Å²) in [7, 11) is 1.88. The summed E-state index contributed by atoms with van der Waals surface area (Å²) in [5.74, 6) is 0. The lowest BCUT2D eigenvalue weighted by Crippen LogP contribution is -2.12. The molecular formula is C12H15ClN4S. The molecule has 4 nitrogen and oxygen atoms in total. The van der Waals surface area contributed by atoms with Crippen LogP contribution in [-0.4, -0.2) is 21.3 Å². The second-order valence-electron chi connectivity index (χ2n) is 3.77. The zero-order valence-electron chi connectivity index (χ0n) is 10.4. The van der Waals surface area contributed by atoms with Crippen molar-refractivity contribution in [3.05, 3.63) is 35.1 Å². The van der Waals surface area contributed by atoms with Crippen molar-refractivity contribution >= 4 is 23.4 Å². The Kier molecular flexibility index (Phi) is 4.63. The van der Waals surface area contributed by atoms with Gasteiger partial charge >= 0.3 is 0 Å². The van der Waals surface area contributed by atoms with Crippen molar-refractivity contribution in [2.24, 2.45) is 7.05 Å². The molecule has 1 N–H and O–H groups in total. The van der Waals surface area contributed by atoms with Gasteiger partial charge in [0, 0.05) is 23.5 Å². The minimum Gasteiger partial charge on any atom is -0.313 e. The largest absolute Gasteiger partial charge is 0.313 e. The number of hydrogen-bond acceptors (Lipinski definition) is 4. The lowest BCUT2D eigenvalue weighted by molar-refractivity contribution is 0.684. The quantitative estimate of drug-likeness (QED) is 0.916. The van der Waals surface area contributed by atoms with Gasteiger partial charge in [-0.05, 0) is 36.0 Å². The van der Waals surface area contributed by atoms with E-state index >= 15 is 0 Å². The average molecular weight is 283 g/mol. The first-order chi connectivity index (χ1) is 8.72. The maximum Gasteiger partial charge on any atom is 0.190 e. The topological polar surface area (TPSA) is 42.7 Å². The molecule has 0 fully saturated rings. The predicted octanol–water partition coefficient (Wildman–Crippen LogP) is 2.73. The van der Waals surface area contributed by atoms with Crippen molar-refractivity contribution in [3.8, 4) is 0 Å². The van der Waals surface area contributed by atoms with Gasteiger partial charge in [-0.3, -0.25) is 0 Å². The predicted molar refractivity (Wildman–Crippen MR) is 74.0 cm³/mol. The second kappa shape index (κ2) is 6.22. The summed E-state index contributed by atoms with van der Waals surface area (Å²) in [5, 5.41) is 9.00. The molecule has 0 unspecified atom stereocenters. The first-order valence-electron chi connectivity index (χ1n) is 5.72. The van der Waals surface area contributed by atoms with Crippen LogP contribution in [0.4, 0.5) is 0 Å². The summed E-state index contributed by atoms with van der Waals surface area (Å²) in [4.78, 5) is 5.32. The highest BCUT2D eigenvalue weighted by molar-refractivity contribution is 7.99. The van der Waals surface area contributed by atoms with Crippen molar-refractivity contribution in [3.63, 3.8) is 0 Å². The maximum absolute atomic E-state index is 6.25. The number of halogens is 1. The molecule has 96 valence electrons. The molecule has 0 aliphatic carbocycles. The molecule has 0 amide bonds. The first-order valence-corrected chi connectivity index (χ1v) is 6.91. The lowest BCUT2D eigenvalue weighted by Gasteiger charge is -2.10. The van der Waals surface area contributed by atoms with Crippen LogP contribution in [0, 0.1) is 0 Å². The van der Waals surface area contributed by atoms with Crippen LogP contribution in [-0.2, 0) is 13.6 Å². The SMILES string of the molecule is CCNCc1c(Cl)cccc1Sc1ncnn1C. The summed E-state index contributed by atoms with van der Waals surface area (Å²) < 4.78 is 1.75. The van der Waals surface area contributed by atoms with Gasteiger partial charge in [-0.1, -0.05) is 24.6 Å². The normalized spacial score (nSPS) is 10.8. The molecule has 1 aromatic carbocycles. The van der Waals surface area contributed by atoms with Crippen molar-refractivity contribution in [1.29, 1.82) is 0 Å². The van der Waals surface area contributed by atoms with Crippen LogP contribution >= 0.6 is 23.4 Å². The Morgan fingerprint density at radius 1 is 1.44 bits per heavy atom. The highest BCUT2D eigenvalue weighted by Gasteiger charge is 2.10. The van der Waals surface area contributed by atoms with E-state index in [2.05, 4.69) is 28.4 Å². The van der Waals surface area contributed by atoms with Crippen molar-refractivity contribution in [1.82, 2.24) is 20.1 Å². The summed E-state index contributed by atoms with van der Waals surface area (Å²) in [5.41, 5.74) is 1.11. The van der Waals surface area contributed by atoms with Crippen LogP contribution in [0.25, 0.3) is 0 Å². The molecule has 1 aromatic heterocycles. The van der Waals surface area contributed by atoms with E-state index in [1.165, 1.54) is 0 Å². The number of rotatable bonds is 5. The molecule has 2 rings (SSSR count). The van der Waals surface area contributed by atoms with E-state index in [1.54, 1.807) is 22.8 Å². The molecule has 0 spiro atoms. The van der Waals surface area contributed by atoms with Gasteiger partial charge in [0.15, 0.2) is 5.16 Å². The zero-order chi connectivity index (χ0) is 13.0. The minimum absolute atomic E-state index is 0.760. The van der Waals surface area contributed by atoms with Crippen LogP contribution in [0.15, 0.2) is 34.6 Å². The third-order valence-corrected chi connectivity index (χ3v) is 4.01. The number of nitrogens with one attached hydrogen (secondary N) is 1. The van der Waals surface area contributed by atoms with Gasteiger partial charge in [-0.2, -0.15) is 5.10 Å². The highest BCUT2D eigenvalue weighted by Crippen LogP contribution is 2.32. The van der Waals surface area contributed by atoms with Gasteiger partial charge in [0.2, 0.25) is 0 Å². The molecule has 6 heteroatoms. The number of benzene rings is 1. The number of hydrogen-bond donors (Lipinski definition) is 1. The second-order valence-corrected chi connectivity index (χ2v) is 5.18. The summed E-state index contributed by atoms with van der Waals surface area (Å²) in [6.07, 6.45) is 1.55. The molecule has 0 radical (unpaired) electrons. The Morgan fingerprint density at radius 3 is 2.94 bits per heavy atom. The molecule has 18 heavy (non-hydrogen) atoms. The van der Waals surface area contributed by atoms with Crippen LogP contribution in [0.1, 0.15) is 12.5 Å². The number of nitrogens with zero attached hydrogens (tertiary/aromatic N) is 3. The van der Waals surface area contributed by atoms with E-state index in [1.807, 2.05) is 19.2 Å². The fourth-order valence-corrected chi connectivity index (χ4v) is 2.76. The molecule has 0 aliphatic rings. The van der Waals surface area contributed by atoms with Crippen LogP contribution in [0.2, 0.25) is 5.02 Å². The third kappa shape index (κ3) is 3.04. The average Bonchev–Trinajstić information content (AvgIpc) is 2.74. The van der Waals surface area contributed by atoms with Gasteiger partial charge in [0.05, 0.1) is 0 Å². The van der Waals surface area contributed by atoms with Gasteiger partial charge in [0.25, 0.3) is 0 Å².